The van der Waals surface area contributed by atoms with E-state index >= 15 is 0 Å². The summed E-state index contributed by atoms with van der Waals surface area (Å²) in [7, 11) is 0. The van der Waals surface area contributed by atoms with Gasteiger partial charge in [-0.05, 0) is 41.5 Å². The number of carbonyl (C=O) groups excluding carboxylic acids is 2. The number of hydrogen-bond acceptors (Lipinski definition) is 4. The summed E-state index contributed by atoms with van der Waals surface area (Å²) in [6.45, 7) is 7.19. The average molecular weight is 381 g/mol. The van der Waals surface area contributed by atoms with Gasteiger partial charge in [-0.1, -0.05) is 51.1 Å². The van der Waals surface area contributed by atoms with E-state index in [0.717, 1.165) is 31.2 Å². The fourth-order valence-corrected chi connectivity index (χ4v) is 5.46. The van der Waals surface area contributed by atoms with Gasteiger partial charge in [-0.25, -0.2) is 4.79 Å². The lowest BCUT2D eigenvalue weighted by atomic mass is 9.65. The molecule has 1 amide bonds. The standard InChI is InChI=1S/C23H27NO4/c1-22(2)10-16-11-23(3,13-22)14-24(16)19(25)12-28-21(27)18-9-8-15-6-4-5-7-17(15)20(18)26/h4-9,16,26H,10-14H2,1-3H3/t16-,23-/m0/s1. The molecule has 1 saturated heterocycles. The SMILES string of the molecule is CC1(C)C[C@H]2C[C@](C)(CN2C(=O)COC(=O)c2ccc3ccccc3c2O)C1. The van der Waals surface area contributed by atoms with E-state index < -0.39 is 5.97 Å². The van der Waals surface area contributed by atoms with Gasteiger partial charge in [0.05, 0.1) is 0 Å². The van der Waals surface area contributed by atoms with Crippen LogP contribution < -0.4 is 0 Å². The van der Waals surface area contributed by atoms with Crippen LogP contribution in [0, 0.1) is 10.8 Å². The molecule has 0 radical (unpaired) electrons. The monoisotopic (exact) mass is 381 g/mol. The van der Waals surface area contributed by atoms with Crippen molar-refractivity contribution < 1.29 is 19.4 Å². The van der Waals surface area contributed by atoms with Crippen molar-refractivity contribution in [2.75, 3.05) is 13.2 Å². The summed E-state index contributed by atoms with van der Waals surface area (Å²) in [6, 6.07) is 10.8. The maximum Gasteiger partial charge on any atom is 0.342 e. The van der Waals surface area contributed by atoms with Crippen LogP contribution in [0.1, 0.15) is 50.4 Å². The predicted octanol–water partition coefficient (Wildman–Crippen LogP) is 4.13. The Morgan fingerprint density at radius 1 is 1.14 bits per heavy atom. The quantitative estimate of drug-likeness (QED) is 0.812. The molecule has 2 aromatic carbocycles. The Hall–Kier alpha value is -2.56. The molecule has 5 heteroatoms. The highest BCUT2D eigenvalue weighted by Gasteiger charge is 2.50. The number of carbonyl (C=O) groups is 2. The number of amides is 1. The van der Waals surface area contributed by atoms with Crippen LogP contribution in [0.15, 0.2) is 36.4 Å². The Morgan fingerprint density at radius 2 is 1.89 bits per heavy atom. The summed E-state index contributed by atoms with van der Waals surface area (Å²) in [5, 5.41) is 11.8. The maximum atomic E-state index is 12.8. The van der Waals surface area contributed by atoms with E-state index in [1.807, 2.05) is 17.0 Å². The first-order chi connectivity index (χ1) is 13.2. The number of ether oxygens (including phenoxy) is 1. The molecule has 2 aromatic rings. The van der Waals surface area contributed by atoms with Gasteiger partial charge in [-0.2, -0.15) is 0 Å². The predicted molar refractivity (Wildman–Crippen MR) is 107 cm³/mol. The molecule has 1 saturated carbocycles. The summed E-state index contributed by atoms with van der Waals surface area (Å²) >= 11 is 0. The molecule has 5 nitrogen and oxygen atoms in total. The highest BCUT2D eigenvalue weighted by Crippen LogP contribution is 2.52. The molecule has 0 aromatic heterocycles. The second-order valence-corrected chi connectivity index (χ2v) is 9.49. The number of rotatable bonds is 3. The van der Waals surface area contributed by atoms with Crippen molar-refractivity contribution in [1.82, 2.24) is 4.90 Å². The lowest BCUT2D eigenvalue weighted by Gasteiger charge is -2.39. The van der Waals surface area contributed by atoms with E-state index in [1.54, 1.807) is 18.2 Å². The first-order valence-electron chi connectivity index (χ1n) is 9.85. The van der Waals surface area contributed by atoms with Crippen molar-refractivity contribution >= 4 is 22.6 Å². The number of aromatic hydroxyl groups is 1. The van der Waals surface area contributed by atoms with Crippen LogP contribution >= 0.6 is 0 Å². The molecule has 2 fully saturated rings. The normalized spacial score (nSPS) is 25.7. The lowest BCUT2D eigenvalue weighted by Crippen LogP contribution is -2.39. The van der Waals surface area contributed by atoms with E-state index in [-0.39, 0.29) is 40.7 Å². The van der Waals surface area contributed by atoms with Crippen LogP contribution in [0.4, 0.5) is 0 Å². The van der Waals surface area contributed by atoms with Gasteiger partial charge in [-0.3, -0.25) is 4.79 Å². The molecule has 28 heavy (non-hydrogen) atoms. The number of fused-ring (bicyclic) bond motifs is 3. The minimum atomic E-state index is -0.676. The van der Waals surface area contributed by atoms with Crippen molar-refractivity contribution in [3.05, 3.63) is 42.0 Å². The number of hydrogen-bond donors (Lipinski definition) is 1. The third-order valence-corrected chi connectivity index (χ3v) is 6.18. The number of nitrogens with zero attached hydrogens (tertiary/aromatic N) is 1. The van der Waals surface area contributed by atoms with E-state index in [1.165, 1.54) is 6.07 Å². The van der Waals surface area contributed by atoms with Gasteiger partial charge in [0.25, 0.3) is 5.91 Å². The highest BCUT2D eigenvalue weighted by atomic mass is 16.5. The molecular weight excluding hydrogens is 354 g/mol. The van der Waals surface area contributed by atoms with E-state index in [4.69, 9.17) is 4.74 Å². The van der Waals surface area contributed by atoms with Crippen molar-refractivity contribution in [2.45, 2.75) is 46.1 Å². The minimum Gasteiger partial charge on any atom is -0.506 e. The van der Waals surface area contributed by atoms with Gasteiger partial charge in [0, 0.05) is 18.0 Å². The Bertz CT molecular complexity index is 951. The fourth-order valence-electron chi connectivity index (χ4n) is 5.46. The summed E-state index contributed by atoms with van der Waals surface area (Å²) in [4.78, 5) is 27.1. The zero-order valence-electron chi connectivity index (χ0n) is 16.7. The van der Waals surface area contributed by atoms with E-state index in [9.17, 15) is 14.7 Å². The van der Waals surface area contributed by atoms with Crippen molar-refractivity contribution in [1.29, 1.82) is 0 Å². The summed E-state index contributed by atoms with van der Waals surface area (Å²) in [5.74, 6) is -0.938. The largest absolute Gasteiger partial charge is 0.506 e. The van der Waals surface area contributed by atoms with Crippen LogP contribution in [0.3, 0.4) is 0 Å². The number of likely N-dealkylation sites (tertiary alicyclic amines) is 1. The lowest BCUT2D eigenvalue weighted by molar-refractivity contribution is -0.135. The first kappa shape index (κ1) is 18.8. The molecule has 0 spiro atoms. The van der Waals surface area contributed by atoms with Crippen LogP contribution in [-0.4, -0.2) is 41.1 Å². The van der Waals surface area contributed by atoms with Gasteiger partial charge >= 0.3 is 5.97 Å². The number of benzene rings is 2. The van der Waals surface area contributed by atoms with Crippen molar-refractivity contribution in [3.8, 4) is 5.75 Å². The average Bonchev–Trinajstić information content (AvgIpc) is 2.88. The van der Waals surface area contributed by atoms with Crippen molar-refractivity contribution in [3.63, 3.8) is 0 Å². The van der Waals surface area contributed by atoms with Gasteiger partial charge in [-0.15, -0.1) is 0 Å². The zero-order valence-corrected chi connectivity index (χ0v) is 16.7. The second kappa shape index (κ2) is 6.50. The Labute approximate surface area is 165 Å². The third kappa shape index (κ3) is 3.34. The second-order valence-electron chi connectivity index (χ2n) is 9.49. The molecule has 0 unspecified atom stereocenters. The van der Waals surface area contributed by atoms with Gasteiger partial charge in [0.15, 0.2) is 6.61 Å². The molecule has 1 heterocycles. The third-order valence-electron chi connectivity index (χ3n) is 6.18. The highest BCUT2D eigenvalue weighted by molar-refractivity contribution is 6.01. The summed E-state index contributed by atoms with van der Waals surface area (Å²) in [5.41, 5.74) is 0.447. The molecule has 2 bridgehead atoms. The molecule has 4 rings (SSSR count). The van der Waals surface area contributed by atoms with Crippen LogP contribution in [-0.2, 0) is 9.53 Å². The Morgan fingerprint density at radius 3 is 2.68 bits per heavy atom. The molecule has 1 aliphatic heterocycles. The molecule has 148 valence electrons. The molecule has 2 atom stereocenters. The number of phenols is 1. The Balaban J connectivity index is 1.44. The van der Waals surface area contributed by atoms with E-state index in [2.05, 4.69) is 20.8 Å². The molecule has 1 aliphatic carbocycles. The summed E-state index contributed by atoms with van der Waals surface area (Å²) in [6.07, 6.45) is 3.10. The molecule has 2 aliphatic rings. The zero-order chi connectivity index (χ0) is 20.1. The smallest absolute Gasteiger partial charge is 0.342 e. The van der Waals surface area contributed by atoms with Crippen LogP contribution in [0.2, 0.25) is 0 Å². The molecule has 1 N–H and O–H groups in total. The first-order valence-corrected chi connectivity index (χ1v) is 9.85. The number of esters is 1. The van der Waals surface area contributed by atoms with Gasteiger partial charge < -0.3 is 14.7 Å². The topological polar surface area (TPSA) is 66.8 Å². The van der Waals surface area contributed by atoms with Gasteiger partial charge in [0.2, 0.25) is 0 Å². The van der Waals surface area contributed by atoms with E-state index in [0.29, 0.717) is 5.39 Å². The fraction of sp³-hybridized carbons (Fsp3) is 0.478. The molecular formula is C23H27NO4. The van der Waals surface area contributed by atoms with Gasteiger partial charge in [0.1, 0.15) is 11.3 Å². The van der Waals surface area contributed by atoms with Crippen LogP contribution in [0.25, 0.3) is 10.8 Å². The minimum absolute atomic E-state index is 0.0831. The van der Waals surface area contributed by atoms with Crippen molar-refractivity contribution in [2.24, 2.45) is 10.8 Å². The maximum absolute atomic E-state index is 12.8. The summed E-state index contributed by atoms with van der Waals surface area (Å²) < 4.78 is 5.28. The van der Waals surface area contributed by atoms with Crippen LogP contribution in [0.5, 0.6) is 5.75 Å². The number of phenolic OH excluding ortho intramolecular Hbond substituents is 1. The Kier molecular flexibility index (Phi) is 4.36.